The van der Waals surface area contributed by atoms with Gasteiger partial charge in [0, 0.05) is 15.8 Å². The van der Waals surface area contributed by atoms with Gasteiger partial charge >= 0.3 is 12.0 Å². The van der Waals surface area contributed by atoms with Crippen molar-refractivity contribution in [2.75, 3.05) is 6.54 Å². The summed E-state index contributed by atoms with van der Waals surface area (Å²) in [5.41, 5.74) is -0.845. The first kappa shape index (κ1) is 17.8. The predicted molar refractivity (Wildman–Crippen MR) is 101 cm³/mol. The van der Waals surface area contributed by atoms with Gasteiger partial charge in [0.25, 0.3) is 5.91 Å². The molecule has 2 aromatic carbocycles. The van der Waals surface area contributed by atoms with E-state index in [1.54, 1.807) is 18.2 Å². The topological polar surface area (TPSA) is 75.7 Å². The Morgan fingerprint density at radius 2 is 1.78 bits per heavy atom. The molecule has 2 aromatic rings. The Kier molecular flexibility index (Phi) is 4.52. The quantitative estimate of drug-likeness (QED) is 0.496. The third-order valence-corrected chi connectivity index (χ3v) is 5.62. The van der Waals surface area contributed by atoms with Gasteiger partial charge < -0.3 is 10.1 Å². The van der Waals surface area contributed by atoms with Crippen LogP contribution in [0.5, 0.6) is 5.75 Å². The zero-order chi connectivity index (χ0) is 19.0. The van der Waals surface area contributed by atoms with E-state index < -0.39 is 24.1 Å². The number of carbonyl (C=O) groups excluding carboxylic acids is 3. The Bertz CT molecular complexity index is 937. The predicted octanol–water partition coefficient (Wildman–Crippen LogP) is 3.65. The molecule has 1 saturated carbocycles. The molecule has 1 aliphatic carbocycles. The molecular formula is C20H19ClN2O4. The molecule has 27 heavy (non-hydrogen) atoms. The number of hydrogen-bond acceptors (Lipinski definition) is 4. The Morgan fingerprint density at radius 3 is 2.52 bits per heavy atom. The van der Waals surface area contributed by atoms with Crippen LogP contribution < -0.4 is 10.1 Å². The number of fused-ring (bicyclic) bond motifs is 1. The summed E-state index contributed by atoms with van der Waals surface area (Å²) in [6.45, 7) is -0.413. The molecule has 0 unspecified atom stereocenters. The van der Waals surface area contributed by atoms with E-state index in [1.807, 2.05) is 18.2 Å². The van der Waals surface area contributed by atoms with E-state index in [9.17, 15) is 14.4 Å². The fourth-order valence-corrected chi connectivity index (χ4v) is 4.15. The average Bonchev–Trinajstić information content (AvgIpc) is 2.89. The minimum Gasteiger partial charge on any atom is -0.425 e. The first-order chi connectivity index (χ1) is 13.0. The summed E-state index contributed by atoms with van der Waals surface area (Å²) in [4.78, 5) is 38.4. The Labute approximate surface area is 161 Å². The lowest BCUT2D eigenvalue weighted by Crippen LogP contribution is -2.48. The van der Waals surface area contributed by atoms with Crippen molar-refractivity contribution < 1.29 is 19.1 Å². The molecule has 6 nitrogen and oxygen atoms in total. The normalized spacial score (nSPS) is 18.8. The number of halogens is 1. The van der Waals surface area contributed by atoms with Gasteiger partial charge in [-0.25, -0.2) is 9.59 Å². The van der Waals surface area contributed by atoms with E-state index >= 15 is 0 Å². The molecule has 2 fully saturated rings. The summed E-state index contributed by atoms with van der Waals surface area (Å²) in [6, 6.07) is 10.0. The monoisotopic (exact) mass is 386 g/mol. The van der Waals surface area contributed by atoms with Crippen molar-refractivity contribution in [2.45, 2.75) is 37.6 Å². The van der Waals surface area contributed by atoms with E-state index in [4.69, 9.17) is 16.3 Å². The first-order valence-corrected chi connectivity index (χ1v) is 9.40. The lowest BCUT2D eigenvalue weighted by Gasteiger charge is -2.30. The highest BCUT2D eigenvalue weighted by molar-refractivity contribution is 6.35. The second kappa shape index (κ2) is 6.85. The molecule has 140 valence electrons. The maximum atomic E-state index is 12.8. The van der Waals surface area contributed by atoms with E-state index in [2.05, 4.69) is 5.32 Å². The van der Waals surface area contributed by atoms with E-state index in [0.717, 1.165) is 29.5 Å². The number of hydrogen-bond donors (Lipinski definition) is 1. The Hall–Kier alpha value is -2.60. The molecule has 0 aromatic heterocycles. The molecule has 0 atom stereocenters. The van der Waals surface area contributed by atoms with Crippen LogP contribution in [0.1, 0.15) is 32.1 Å². The minimum atomic E-state index is -0.845. The molecule has 1 saturated heterocycles. The van der Waals surface area contributed by atoms with Crippen LogP contribution in [0.25, 0.3) is 10.8 Å². The maximum Gasteiger partial charge on any atom is 0.331 e. The van der Waals surface area contributed by atoms with Gasteiger partial charge in [-0.1, -0.05) is 55.1 Å². The molecule has 1 spiro atoms. The molecule has 7 heteroatoms. The highest BCUT2D eigenvalue weighted by Crippen LogP contribution is 2.34. The van der Waals surface area contributed by atoms with Crippen molar-refractivity contribution in [2.24, 2.45) is 0 Å². The number of esters is 1. The van der Waals surface area contributed by atoms with Crippen LogP contribution in [0.3, 0.4) is 0 Å². The number of benzene rings is 2. The van der Waals surface area contributed by atoms with Gasteiger partial charge in [0.2, 0.25) is 0 Å². The van der Waals surface area contributed by atoms with Gasteiger partial charge in [0.05, 0.1) is 0 Å². The number of rotatable bonds is 3. The maximum absolute atomic E-state index is 12.8. The van der Waals surface area contributed by atoms with Gasteiger partial charge in [-0.3, -0.25) is 9.69 Å². The molecule has 3 amide bonds. The molecule has 1 heterocycles. The third kappa shape index (κ3) is 3.14. The molecule has 0 radical (unpaired) electrons. The molecule has 1 N–H and O–H groups in total. The van der Waals surface area contributed by atoms with Crippen molar-refractivity contribution in [1.29, 1.82) is 0 Å². The summed E-state index contributed by atoms with van der Waals surface area (Å²) in [5.74, 6) is -0.650. The van der Waals surface area contributed by atoms with Gasteiger partial charge in [-0.15, -0.1) is 0 Å². The van der Waals surface area contributed by atoms with Crippen LogP contribution in [0.2, 0.25) is 5.02 Å². The number of imide groups is 1. The van der Waals surface area contributed by atoms with Crippen molar-refractivity contribution in [3.8, 4) is 5.75 Å². The van der Waals surface area contributed by atoms with Crippen LogP contribution in [0.4, 0.5) is 4.79 Å². The highest BCUT2D eigenvalue weighted by atomic mass is 35.5. The molecule has 4 rings (SSSR count). The lowest BCUT2D eigenvalue weighted by molar-refractivity contribution is -0.141. The standard InChI is InChI=1S/C20H19ClN2O4/c21-15-8-9-16(14-7-3-2-6-13(14)15)27-17(24)12-23-18(25)20(22-19(23)26)10-4-1-5-11-20/h2-3,6-9H,1,4-5,10-12H2,(H,22,26). The first-order valence-electron chi connectivity index (χ1n) is 9.02. The summed E-state index contributed by atoms with van der Waals surface area (Å²) < 4.78 is 5.45. The fraction of sp³-hybridized carbons (Fsp3) is 0.350. The second-order valence-electron chi connectivity index (χ2n) is 7.03. The number of nitrogens with zero attached hydrogens (tertiary/aromatic N) is 1. The number of nitrogens with one attached hydrogen (secondary N) is 1. The second-order valence-corrected chi connectivity index (χ2v) is 7.44. The largest absolute Gasteiger partial charge is 0.425 e. The zero-order valence-corrected chi connectivity index (χ0v) is 15.4. The van der Waals surface area contributed by atoms with Gasteiger partial charge in [0.1, 0.15) is 17.8 Å². The van der Waals surface area contributed by atoms with Crippen molar-refractivity contribution in [3.63, 3.8) is 0 Å². The van der Waals surface area contributed by atoms with Crippen LogP contribution in [0, 0.1) is 0 Å². The minimum absolute atomic E-state index is 0.329. The van der Waals surface area contributed by atoms with Crippen LogP contribution in [-0.4, -0.2) is 34.9 Å². The number of urea groups is 1. The Morgan fingerprint density at radius 1 is 1.07 bits per heavy atom. The number of carbonyl (C=O) groups is 3. The summed E-state index contributed by atoms with van der Waals surface area (Å²) >= 11 is 6.18. The van der Waals surface area contributed by atoms with Crippen LogP contribution in [0.15, 0.2) is 36.4 Å². The smallest absolute Gasteiger partial charge is 0.331 e. The number of ether oxygens (including phenoxy) is 1. The SMILES string of the molecule is O=C(CN1C(=O)NC2(CCCCC2)C1=O)Oc1ccc(Cl)c2ccccc12. The van der Waals surface area contributed by atoms with Crippen molar-refractivity contribution in [1.82, 2.24) is 10.2 Å². The van der Waals surface area contributed by atoms with Crippen LogP contribution >= 0.6 is 11.6 Å². The third-order valence-electron chi connectivity index (χ3n) is 5.29. The summed E-state index contributed by atoms with van der Waals surface area (Å²) in [7, 11) is 0. The fourth-order valence-electron chi connectivity index (χ4n) is 3.92. The van der Waals surface area contributed by atoms with Crippen LogP contribution in [-0.2, 0) is 9.59 Å². The molecule has 2 aliphatic rings. The molecule has 0 bridgehead atoms. The molecule has 1 aliphatic heterocycles. The van der Waals surface area contributed by atoms with Gasteiger partial charge in [0.15, 0.2) is 0 Å². The van der Waals surface area contributed by atoms with E-state index in [1.165, 1.54) is 0 Å². The van der Waals surface area contributed by atoms with Crippen molar-refractivity contribution in [3.05, 3.63) is 41.4 Å². The average molecular weight is 387 g/mol. The summed E-state index contributed by atoms with van der Waals surface area (Å²) in [6.07, 6.45) is 4.06. The highest BCUT2D eigenvalue weighted by Gasteiger charge is 2.51. The van der Waals surface area contributed by atoms with Gasteiger partial charge in [-0.2, -0.15) is 0 Å². The van der Waals surface area contributed by atoms with E-state index in [0.29, 0.717) is 29.0 Å². The lowest BCUT2D eigenvalue weighted by atomic mass is 9.82. The summed E-state index contributed by atoms with van der Waals surface area (Å²) in [5, 5.41) is 4.80. The zero-order valence-electron chi connectivity index (χ0n) is 14.7. The van der Waals surface area contributed by atoms with Gasteiger partial charge in [-0.05, 0) is 25.0 Å². The van der Waals surface area contributed by atoms with E-state index in [-0.39, 0.29) is 5.91 Å². The molecular weight excluding hydrogens is 368 g/mol. The van der Waals surface area contributed by atoms with Crippen molar-refractivity contribution >= 4 is 40.3 Å². The Balaban J connectivity index is 1.51. The number of amides is 3.